The first-order valence-electron chi connectivity index (χ1n) is 11.5. The minimum atomic E-state index is -0.102. The van der Waals surface area contributed by atoms with Crippen molar-refractivity contribution in [3.8, 4) is 17.0 Å². The lowest BCUT2D eigenvalue weighted by molar-refractivity contribution is -0.120. The third-order valence-corrected chi connectivity index (χ3v) is 6.55. The maximum absolute atomic E-state index is 12.8. The molecule has 0 bridgehead atoms. The molecule has 0 aliphatic carbocycles. The van der Waals surface area contributed by atoms with Crippen LogP contribution in [0.15, 0.2) is 42.7 Å². The Morgan fingerprint density at radius 3 is 2.57 bits per heavy atom. The van der Waals surface area contributed by atoms with Gasteiger partial charge in [-0.2, -0.15) is 9.61 Å². The number of nitrogens with one attached hydrogen (secondary N) is 1. The van der Waals surface area contributed by atoms with Crippen molar-refractivity contribution in [2.75, 3.05) is 30.4 Å². The number of anilines is 2. The third-order valence-electron chi connectivity index (χ3n) is 6.30. The van der Waals surface area contributed by atoms with E-state index in [1.165, 1.54) is 13.4 Å². The number of amides is 1. The minimum absolute atomic E-state index is 0.0404. The van der Waals surface area contributed by atoms with E-state index in [1.807, 2.05) is 42.6 Å². The maximum Gasteiger partial charge on any atom is 0.228 e. The van der Waals surface area contributed by atoms with Crippen molar-refractivity contribution in [3.05, 3.63) is 59.1 Å². The molecule has 1 aromatic carbocycles. The van der Waals surface area contributed by atoms with Gasteiger partial charge in [0.15, 0.2) is 5.65 Å². The van der Waals surface area contributed by atoms with E-state index in [1.54, 1.807) is 6.07 Å². The fraction of sp³-hybridized carbons (Fsp3) is 0.320. The Hall–Kier alpha value is -3.72. The molecule has 5 rings (SSSR count). The Kier molecular flexibility index (Phi) is 6.25. The normalized spacial score (nSPS) is 14.3. The van der Waals surface area contributed by atoms with Crippen molar-refractivity contribution in [3.63, 3.8) is 0 Å². The summed E-state index contributed by atoms with van der Waals surface area (Å²) in [6, 6.07) is 11.4. The highest BCUT2D eigenvalue weighted by Gasteiger charge is 2.28. The first-order valence-corrected chi connectivity index (χ1v) is 11.9. The van der Waals surface area contributed by atoms with Crippen molar-refractivity contribution in [1.82, 2.24) is 24.6 Å². The predicted octanol–water partition coefficient (Wildman–Crippen LogP) is 4.32. The van der Waals surface area contributed by atoms with Crippen LogP contribution in [0.2, 0.25) is 5.02 Å². The summed E-state index contributed by atoms with van der Waals surface area (Å²) in [5.41, 5.74) is 4.67. The Bertz CT molecular complexity index is 1380. The number of benzene rings is 1. The van der Waals surface area contributed by atoms with Gasteiger partial charge in [-0.1, -0.05) is 23.7 Å². The van der Waals surface area contributed by atoms with E-state index in [0.717, 1.165) is 59.9 Å². The quantitative estimate of drug-likeness (QED) is 0.444. The van der Waals surface area contributed by atoms with Gasteiger partial charge < -0.3 is 15.0 Å². The lowest BCUT2D eigenvalue weighted by Crippen LogP contribution is -2.39. The van der Waals surface area contributed by atoms with Gasteiger partial charge in [0.05, 0.1) is 12.8 Å². The summed E-state index contributed by atoms with van der Waals surface area (Å²) in [5, 5.41) is 8.41. The molecular weight excluding hydrogens is 466 g/mol. The number of carbonyl (C=O) groups is 1. The van der Waals surface area contributed by atoms with Crippen LogP contribution in [-0.2, 0) is 4.79 Å². The van der Waals surface area contributed by atoms with E-state index >= 15 is 0 Å². The summed E-state index contributed by atoms with van der Waals surface area (Å²) in [4.78, 5) is 28.0. The number of carbonyl (C=O) groups excluding carboxylic acids is 1. The molecule has 1 amide bonds. The first kappa shape index (κ1) is 23.0. The molecule has 1 N–H and O–H groups in total. The number of aromatic nitrogens is 5. The Labute approximate surface area is 208 Å². The largest absolute Gasteiger partial charge is 0.481 e. The lowest BCUT2D eigenvalue weighted by atomic mass is 9.96. The maximum atomic E-state index is 12.8. The van der Waals surface area contributed by atoms with Crippen LogP contribution in [0.5, 0.6) is 5.88 Å². The molecule has 4 aromatic rings. The summed E-state index contributed by atoms with van der Waals surface area (Å²) in [6.07, 6.45) is 2.82. The fourth-order valence-corrected chi connectivity index (χ4v) is 4.65. The molecule has 3 aromatic heterocycles. The predicted molar refractivity (Wildman–Crippen MR) is 135 cm³/mol. The van der Waals surface area contributed by atoms with Crippen molar-refractivity contribution >= 4 is 34.8 Å². The van der Waals surface area contributed by atoms with Crippen molar-refractivity contribution < 1.29 is 9.53 Å². The molecule has 1 aliphatic heterocycles. The monoisotopic (exact) mass is 491 g/mol. The van der Waals surface area contributed by atoms with Crippen LogP contribution in [0.25, 0.3) is 16.8 Å². The number of halogens is 1. The van der Waals surface area contributed by atoms with Crippen molar-refractivity contribution in [1.29, 1.82) is 0 Å². The molecule has 180 valence electrons. The Morgan fingerprint density at radius 2 is 1.86 bits per heavy atom. The fourth-order valence-electron chi connectivity index (χ4n) is 4.52. The van der Waals surface area contributed by atoms with Crippen LogP contribution in [0.4, 0.5) is 11.6 Å². The Morgan fingerprint density at radius 1 is 1.11 bits per heavy atom. The highest BCUT2D eigenvalue weighted by molar-refractivity contribution is 6.30. The first-order chi connectivity index (χ1) is 16.9. The molecule has 0 saturated carbocycles. The molecule has 1 saturated heterocycles. The number of nitrogens with zero attached hydrogens (tertiary/aromatic N) is 6. The van der Waals surface area contributed by atoms with Crippen molar-refractivity contribution in [2.45, 2.75) is 26.7 Å². The summed E-state index contributed by atoms with van der Waals surface area (Å²) in [6.45, 7) is 5.46. The van der Waals surface area contributed by atoms with Gasteiger partial charge >= 0.3 is 0 Å². The van der Waals surface area contributed by atoms with E-state index in [4.69, 9.17) is 26.4 Å². The second-order valence-corrected chi connectivity index (χ2v) is 9.09. The summed E-state index contributed by atoms with van der Waals surface area (Å²) in [7, 11) is 1.53. The van der Waals surface area contributed by atoms with Gasteiger partial charge in [-0.15, -0.1) is 0 Å². The molecule has 0 spiro atoms. The minimum Gasteiger partial charge on any atom is -0.481 e. The second-order valence-electron chi connectivity index (χ2n) is 8.65. The summed E-state index contributed by atoms with van der Waals surface area (Å²) in [5.74, 6) is 1.69. The Balaban J connectivity index is 1.36. The van der Waals surface area contributed by atoms with E-state index in [2.05, 4.69) is 26.3 Å². The van der Waals surface area contributed by atoms with Gasteiger partial charge in [-0.25, -0.2) is 15.0 Å². The van der Waals surface area contributed by atoms with Gasteiger partial charge in [0.25, 0.3) is 0 Å². The molecule has 35 heavy (non-hydrogen) atoms. The standard InChI is InChI=1S/C25H26ClN7O2/c1-15-12-22(33-24(29-15)23(16(2)31-33)17-4-6-19(26)7-5-17)32-10-8-18(9-11-32)25(34)30-20-13-21(35-3)28-14-27-20/h4-7,12-14,18H,8-11H2,1-3H3,(H,27,28,30,34). The van der Waals surface area contributed by atoms with Crippen LogP contribution in [-0.4, -0.2) is 50.7 Å². The molecule has 1 fully saturated rings. The van der Waals surface area contributed by atoms with E-state index in [0.29, 0.717) is 16.7 Å². The molecule has 10 heteroatoms. The van der Waals surface area contributed by atoms with Crippen LogP contribution in [0, 0.1) is 19.8 Å². The third kappa shape index (κ3) is 4.64. The van der Waals surface area contributed by atoms with Crippen LogP contribution in [0.3, 0.4) is 0 Å². The van der Waals surface area contributed by atoms with E-state index < -0.39 is 0 Å². The van der Waals surface area contributed by atoms with Crippen LogP contribution >= 0.6 is 11.6 Å². The number of rotatable bonds is 5. The summed E-state index contributed by atoms with van der Waals surface area (Å²) < 4.78 is 7.02. The number of fused-ring (bicyclic) bond motifs is 1. The zero-order valence-corrected chi connectivity index (χ0v) is 20.6. The highest BCUT2D eigenvalue weighted by Crippen LogP contribution is 2.32. The number of hydrogen-bond donors (Lipinski definition) is 1. The lowest BCUT2D eigenvalue weighted by Gasteiger charge is -2.33. The molecule has 9 nitrogen and oxygen atoms in total. The van der Waals surface area contributed by atoms with E-state index in [9.17, 15) is 4.79 Å². The SMILES string of the molecule is COc1cc(NC(=O)C2CCN(c3cc(C)nc4c(-c5ccc(Cl)cc5)c(C)nn34)CC2)ncn1. The van der Waals surface area contributed by atoms with Crippen LogP contribution < -0.4 is 15.0 Å². The van der Waals surface area contributed by atoms with Gasteiger partial charge in [0.1, 0.15) is 18.0 Å². The van der Waals surface area contributed by atoms with Crippen LogP contribution in [0.1, 0.15) is 24.2 Å². The van der Waals surface area contributed by atoms with Gasteiger partial charge in [-0.3, -0.25) is 4.79 Å². The smallest absolute Gasteiger partial charge is 0.228 e. The number of ether oxygens (including phenoxy) is 1. The second kappa shape index (κ2) is 9.50. The number of piperidine rings is 1. The topological polar surface area (TPSA) is 97.5 Å². The van der Waals surface area contributed by atoms with Gasteiger partial charge in [-0.05, 0) is 44.4 Å². The summed E-state index contributed by atoms with van der Waals surface area (Å²) >= 11 is 6.09. The number of aryl methyl sites for hydroxylation is 2. The molecule has 0 radical (unpaired) electrons. The molecular formula is C25H26ClN7O2. The molecule has 0 unspecified atom stereocenters. The zero-order valence-electron chi connectivity index (χ0n) is 19.8. The average Bonchev–Trinajstić information content (AvgIpc) is 3.19. The van der Waals surface area contributed by atoms with Crippen molar-refractivity contribution in [2.24, 2.45) is 5.92 Å². The molecule has 1 aliphatic rings. The van der Waals surface area contributed by atoms with Gasteiger partial charge in [0, 0.05) is 47.4 Å². The zero-order chi connectivity index (χ0) is 24.5. The van der Waals surface area contributed by atoms with Gasteiger partial charge in [0.2, 0.25) is 11.8 Å². The molecule has 4 heterocycles. The number of methoxy groups -OCH3 is 1. The molecule has 0 atom stereocenters. The average molecular weight is 492 g/mol. The highest BCUT2D eigenvalue weighted by atomic mass is 35.5. The van der Waals surface area contributed by atoms with E-state index in [-0.39, 0.29) is 11.8 Å². The number of hydrogen-bond acceptors (Lipinski definition) is 7.